The van der Waals surface area contributed by atoms with Crippen molar-refractivity contribution in [2.75, 3.05) is 19.6 Å². The Morgan fingerprint density at radius 3 is 2.44 bits per heavy atom. The first-order chi connectivity index (χ1) is 8.50. The Bertz CT molecular complexity index is 246. The molecule has 1 heterocycles. The van der Waals surface area contributed by atoms with E-state index in [4.69, 9.17) is 0 Å². The number of aliphatic hydroxyl groups excluding tert-OH is 1. The number of nitrogens with zero attached hydrogens (tertiary/aromatic N) is 1. The van der Waals surface area contributed by atoms with Crippen LogP contribution in [0.1, 0.15) is 46.5 Å². The minimum Gasteiger partial charge on any atom is -0.393 e. The first kappa shape index (κ1) is 15.4. The van der Waals surface area contributed by atoms with Gasteiger partial charge in [0.2, 0.25) is 5.91 Å². The summed E-state index contributed by atoms with van der Waals surface area (Å²) in [6.07, 6.45) is 3.19. The van der Waals surface area contributed by atoms with Crippen LogP contribution in [-0.4, -0.2) is 47.7 Å². The van der Waals surface area contributed by atoms with E-state index in [1.165, 1.54) is 0 Å². The van der Waals surface area contributed by atoms with Crippen molar-refractivity contribution in [1.29, 1.82) is 0 Å². The molecule has 1 atom stereocenters. The summed E-state index contributed by atoms with van der Waals surface area (Å²) < 4.78 is 0. The third-order valence-corrected chi connectivity index (χ3v) is 3.69. The number of piperidine rings is 1. The number of likely N-dealkylation sites (tertiary alicyclic amines) is 1. The molecule has 1 aliphatic rings. The van der Waals surface area contributed by atoms with E-state index in [0.717, 1.165) is 38.9 Å². The summed E-state index contributed by atoms with van der Waals surface area (Å²) in [7, 11) is 0. The predicted octanol–water partition coefficient (Wildman–Crippen LogP) is 1.38. The SMILES string of the molecule is CC(C)NCCCC(=O)N1CCC(C(C)O)CC1. The highest BCUT2D eigenvalue weighted by atomic mass is 16.3. The molecular weight excluding hydrogens is 228 g/mol. The number of hydrogen-bond donors (Lipinski definition) is 2. The van der Waals surface area contributed by atoms with Crippen LogP contribution in [0.2, 0.25) is 0 Å². The zero-order valence-corrected chi connectivity index (χ0v) is 12.0. The number of hydrogen-bond acceptors (Lipinski definition) is 3. The quantitative estimate of drug-likeness (QED) is 0.706. The van der Waals surface area contributed by atoms with Crippen molar-refractivity contribution in [3.8, 4) is 0 Å². The van der Waals surface area contributed by atoms with Gasteiger partial charge < -0.3 is 15.3 Å². The summed E-state index contributed by atoms with van der Waals surface area (Å²) >= 11 is 0. The Hall–Kier alpha value is -0.610. The molecule has 0 spiro atoms. The van der Waals surface area contributed by atoms with Crippen molar-refractivity contribution < 1.29 is 9.90 Å². The van der Waals surface area contributed by atoms with E-state index in [1.54, 1.807) is 0 Å². The van der Waals surface area contributed by atoms with Crippen LogP contribution in [0, 0.1) is 5.92 Å². The van der Waals surface area contributed by atoms with Gasteiger partial charge in [0.05, 0.1) is 6.10 Å². The van der Waals surface area contributed by atoms with Crippen molar-refractivity contribution in [2.45, 2.75) is 58.6 Å². The van der Waals surface area contributed by atoms with Gasteiger partial charge >= 0.3 is 0 Å². The summed E-state index contributed by atoms with van der Waals surface area (Å²) in [5.74, 6) is 0.640. The van der Waals surface area contributed by atoms with Crippen LogP contribution in [0.4, 0.5) is 0 Å². The zero-order valence-electron chi connectivity index (χ0n) is 12.0. The molecule has 0 aliphatic carbocycles. The Balaban J connectivity index is 2.16. The summed E-state index contributed by atoms with van der Waals surface area (Å²) in [6, 6.07) is 0.488. The normalized spacial score (nSPS) is 19.3. The molecule has 1 amide bonds. The first-order valence-electron chi connectivity index (χ1n) is 7.20. The Morgan fingerprint density at radius 2 is 1.94 bits per heavy atom. The average Bonchev–Trinajstić information content (AvgIpc) is 2.34. The molecule has 4 nitrogen and oxygen atoms in total. The van der Waals surface area contributed by atoms with Crippen molar-refractivity contribution in [2.24, 2.45) is 5.92 Å². The van der Waals surface area contributed by atoms with E-state index in [1.807, 2.05) is 11.8 Å². The second-order valence-electron chi connectivity index (χ2n) is 5.67. The van der Waals surface area contributed by atoms with Gasteiger partial charge in [0, 0.05) is 25.6 Å². The number of nitrogens with one attached hydrogen (secondary N) is 1. The Labute approximate surface area is 111 Å². The summed E-state index contributed by atoms with van der Waals surface area (Å²) in [6.45, 7) is 8.61. The highest BCUT2D eigenvalue weighted by Gasteiger charge is 2.24. The number of carbonyl (C=O) groups excluding carboxylic acids is 1. The zero-order chi connectivity index (χ0) is 13.5. The highest BCUT2D eigenvalue weighted by molar-refractivity contribution is 5.76. The number of rotatable bonds is 6. The van der Waals surface area contributed by atoms with Crippen LogP contribution in [-0.2, 0) is 4.79 Å². The smallest absolute Gasteiger partial charge is 0.222 e. The topological polar surface area (TPSA) is 52.6 Å². The maximum atomic E-state index is 12.0. The molecule has 0 saturated carbocycles. The van der Waals surface area contributed by atoms with Crippen LogP contribution >= 0.6 is 0 Å². The molecule has 0 aromatic carbocycles. The molecule has 106 valence electrons. The summed E-state index contributed by atoms with van der Waals surface area (Å²) in [5, 5.41) is 12.8. The molecule has 0 aromatic rings. The fourth-order valence-corrected chi connectivity index (χ4v) is 2.42. The molecule has 18 heavy (non-hydrogen) atoms. The molecule has 1 rings (SSSR count). The fraction of sp³-hybridized carbons (Fsp3) is 0.929. The second kappa shape index (κ2) is 7.74. The average molecular weight is 256 g/mol. The maximum Gasteiger partial charge on any atom is 0.222 e. The van der Waals surface area contributed by atoms with E-state index < -0.39 is 0 Å². The second-order valence-corrected chi connectivity index (χ2v) is 5.67. The molecule has 1 aliphatic heterocycles. The van der Waals surface area contributed by atoms with Gasteiger partial charge in [-0.15, -0.1) is 0 Å². The summed E-state index contributed by atoms with van der Waals surface area (Å²) in [4.78, 5) is 13.9. The van der Waals surface area contributed by atoms with Gasteiger partial charge in [0.15, 0.2) is 0 Å². The molecular formula is C14H28N2O2. The number of aliphatic hydroxyl groups is 1. The first-order valence-corrected chi connectivity index (χ1v) is 7.20. The van der Waals surface area contributed by atoms with Crippen molar-refractivity contribution in [1.82, 2.24) is 10.2 Å². The minimum atomic E-state index is -0.238. The molecule has 4 heteroatoms. The maximum absolute atomic E-state index is 12.0. The molecule has 0 bridgehead atoms. The van der Waals surface area contributed by atoms with Gasteiger partial charge in [-0.2, -0.15) is 0 Å². The van der Waals surface area contributed by atoms with E-state index in [9.17, 15) is 9.90 Å². The number of carbonyl (C=O) groups is 1. The molecule has 1 saturated heterocycles. The van der Waals surface area contributed by atoms with Crippen LogP contribution in [0.5, 0.6) is 0 Å². The van der Waals surface area contributed by atoms with Crippen LogP contribution in [0.25, 0.3) is 0 Å². The van der Waals surface area contributed by atoms with Gasteiger partial charge in [0.25, 0.3) is 0 Å². The van der Waals surface area contributed by atoms with Crippen molar-refractivity contribution in [3.05, 3.63) is 0 Å². The van der Waals surface area contributed by atoms with Gasteiger partial charge in [-0.3, -0.25) is 4.79 Å². The fourth-order valence-electron chi connectivity index (χ4n) is 2.42. The van der Waals surface area contributed by atoms with Crippen LogP contribution in [0.15, 0.2) is 0 Å². The standard InChI is InChI=1S/C14H28N2O2/c1-11(2)15-8-4-5-14(18)16-9-6-13(7-10-16)12(3)17/h11-13,15,17H,4-10H2,1-3H3. The number of amides is 1. The van der Waals surface area contributed by atoms with Gasteiger partial charge in [-0.05, 0) is 38.6 Å². The third-order valence-electron chi connectivity index (χ3n) is 3.69. The van der Waals surface area contributed by atoms with E-state index in [2.05, 4.69) is 19.2 Å². The lowest BCUT2D eigenvalue weighted by Gasteiger charge is -2.33. The molecule has 0 radical (unpaired) electrons. The monoisotopic (exact) mass is 256 g/mol. The van der Waals surface area contributed by atoms with Gasteiger partial charge in [-0.1, -0.05) is 13.8 Å². The van der Waals surface area contributed by atoms with Gasteiger partial charge in [-0.25, -0.2) is 0 Å². The van der Waals surface area contributed by atoms with Crippen LogP contribution in [0.3, 0.4) is 0 Å². The third kappa shape index (κ3) is 5.36. The molecule has 0 aromatic heterocycles. The summed E-state index contributed by atoms with van der Waals surface area (Å²) in [5.41, 5.74) is 0. The molecule has 1 fully saturated rings. The predicted molar refractivity (Wildman–Crippen MR) is 73.4 cm³/mol. The van der Waals surface area contributed by atoms with E-state index in [-0.39, 0.29) is 12.0 Å². The van der Waals surface area contributed by atoms with E-state index in [0.29, 0.717) is 18.4 Å². The largest absolute Gasteiger partial charge is 0.393 e. The Morgan fingerprint density at radius 1 is 1.33 bits per heavy atom. The van der Waals surface area contributed by atoms with Crippen molar-refractivity contribution in [3.63, 3.8) is 0 Å². The van der Waals surface area contributed by atoms with Crippen LogP contribution < -0.4 is 5.32 Å². The minimum absolute atomic E-state index is 0.238. The lowest BCUT2D eigenvalue weighted by Crippen LogP contribution is -2.40. The molecule has 1 unspecified atom stereocenters. The highest BCUT2D eigenvalue weighted by Crippen LogP contribution is 2.20. The van der Waals surface area contributed by atoms with E-state index >= 15 is 0 Å². The van der Waals surface area contributed by atoms with Gasteiger partial charge in [0.1, 0.15) is 0 Å². The lowest BCUT2D eigenvalue weighted by atomic mass is 9.92. The Kier molecular flexibility index (Phi) is 6.65. The molecule has 2 N–H and O–H groups in total. The van der Waals surface area contributed by atoms with Crippen molar-refractivity contribution >= 4 is 5.91 Å². The lowest BCUT2D eigenvalue weighted by molar-refractivity contribution is -0.133.